The number of benzene rings is 2. The lowest BCUT2D eigenvalue weighted by Gasteiger charge is -2.15. The molecule has 2 aromatic carbocycles. The normalized spacial score (nSPS) is 16.3. The molecule has 5 heteroatoms. The fourth-order valence-electron chi connectivity index (χ4n) is 3.49. The van der Waals surface area contributed by atoms with Crippen LogP contribution in [0.4, 0.5) is 0 Å². The van der Waals surface area contributed by atoms with Crippen LogP contribution in [0.15, 0.2) is 79.1 Å². The molecule has 1 unspecified atom stereocenters. The highest BCUT2D eigenvalue weighted by molar-refractivity contribution is 6.30. The number of ether oxygens (including phenoxy) is 1. The summed E-state index contributed by atoms with van der Waals surface area (Å²) in [6, 6.07) is 19.7. The Hall–Kier alpha value is -2.95. The van der Waals surface area contributed by atoms with Gasteiger partial charge in [-0.3, -0.25) is 9.78 Å². The molecule has 1 atom stereocenters. The van der Waals surface area contributed by atoms with Gasteiger partial charge >= 0.3 is 0 Å². The molecule has 0 spiro atoms. The fraction of sp³-hybridized carbons (Fsp3) is 0.200. The third kappa shape index (κ3) is 5.35. The smallest absolute Gasteiger partial charge is 0.246 e. The highest BCUT2D eigenvalue weighted by Gasteiger charge is 2.25. The SMILES string of the molecule is O=C(C=Cc1cccc(-c2ccc(Cl)cc2)c1)N1CCC(OCc2ccncc2)C1. The van der Waals surface area contributed by atoms with Gasteiger partial charge in [0.2, 0.25) is 5.91 Å². The Labute approximate surface area is 181 Å². The van der Waals surface area contributed by atoms with E-state index in [0.717, 1.165) is 35.2 Å². The van der Waals surface area contributed by atoms with Crippen molar-refractivity contribution in [2.24, 2.45) is 0 Å². The summed E-state index contributed by atoms with van der Waals surface area (Å²) in [7, 11) is 0. The van der Waals surface area contributed by atoms with Crippen molar-refractivity contribution in [1.29, 1.82) is 0 Å². The number of likely N-dealkylation sites (tertiary alicyclic amines) is 1. The number of amides is 1. The molecule has 1 fully saturated rings. The number of hydrogen-bond donors (Lipinski definition) is 0. The van der Waals surface area contributed by atoms with Crippen molar-refractivity contribution in [3.63, 3.8) is 0 Å². The van der Waals surface area contributed by atoms with Crippen LogP contribution >= 0.6 is 11.6 Å². The zero-order valence-electron chi connectivity index (χ0n) is 16.6. The van der Waals surface area contributed by atoms with Crippen LogP contribution in [0.1, 0.15) is 17.5 Å². The van der Waals surface area contributed by atoms with Crippen LogP contribution in [0.3, 0.4) is 0 Å². The van der Waals surface area contributed by atoms with Crippen LogP contribution in [0.2, 0.25) is 5.02 Å². The van der Waals surface area contributed by atoms with Crippen LogP contribution in [0.25, 0.3) is 17.2 Å². The second-order valence-corrected chi connectivity index (χ2v) is 7.76. The predicted octanol–water partition coefficient (Wildman–Crippen LogP) is 5.23. The lowest BCUT2D eigenvalue weighted by atomic mass is 10.0. The molecule has 1 aromatic heterocycles. The summed E-state index contributed by atoms with van der Waals surface area (Å²) < 4.78 is 5.95. The van der Waals surface area contributed by atoms with E-state index in [-0.39, 0.29) is 12.0 Å². The number of nitrogens with zero attached hydrogens (tertiary/aromatic N) is 2. The molecule has 0 radical (unpaired) electrons. The van der Waals surface area contributed by atoms with Crippen molar-refractivity contribution in [3.05, 3.63) is 95.3 Å². The fourth-order valence-corrected chi connectivity index (χ4v) is 3.62. The van der Waals surface area contributed by atoms with Gasteiger partial charge in [-0.1, -0.05) is 41.9 Å². The Morgan fingerprint density at radius 2 is 1.90 bits per heavy atom. The summed E-state index contributed by atoms with van der Waals surface area (Å²) in [6.45, 7) is 1.89. The van der Waals surface area contributed by atoms with Gasteiger partial charge in [-0.05, 0) is 65.1 Å². The molecule has 1 amide bonds. The first kappa shape index (κ1) is 20.3. The second kappa shape index (κ2) is 9.70. The van der Waals surface area contributed by atoms with Crippen molar-refractivity contribution in [1.82, 2.24) is 9.88 Å². The molecule has 1 saturated heterocycles. The Bertz CT molecular complexity index is 1020. The van der Waals surface area contributed by atoms with Crippen molar-refractivity contribution in [2.45, 2.75) is 19.1 Å². The minimum absolute atomic E-state index is 0.0157. The van der Waals surface area contributed by atoms with Gasteiger partial charge in [0.1, 0.15) is 0 Å². The van der Waals surface area contributed by atoms with E-state index < -0.39 is 0 Å². The highest BCUT2D eigenvalue weighted by atomic mass is 35.5. The van der Waals surface area contributed by atoms with Gasteiger partial charge in [0.15, 0.2) is 0 Å². The zero-order chi connectivity index (χ0) is 20.8. The van der Waals surface area contributed by atoms with E-state index in [2.05, 4.69) is 11.1 Å². The van der Waals surface area contributed by atoms with Gasteiger partial charge in [-0.2, -0.15) is 0 Å². The van der Waals surface area contributed by atoms with E-state index in [1.807, 2.05) is 65.6 Å². The maximum Gasteiger partial charge on any atom is 0.246 e. The van der Waals surface area contributed by atoms with Gasteiger partial charge in [0.05, 0.1) is 12.7 Å². The Balaban J connectivity index is 1.33. The molecule has 4 rings (SSSR count). The molecule has 3 aromatic rings. The first-order valence-electron chi connectivity index (χ1n) is 10.0. The van der Waals surface area contributed by atoms with Gasteiger partial charge in [-0.25, -0.2) is 0 Å². The first-order chi connectivity index (χ1) is 14.7. The highest BCUT2D eigenvalue weighted by Crippen LogP contribution is 2.23. The average molecular weight is 419 g/mol. The molecule has 0 bridgehead atoms. The predicted molar refractivity (Wildman–Crippen MR) is 120 cm³/mol. The van der Waals surface area contributed by atoms with Crippen molar-refractivity contribution in [3.8, 4) is 11.1 Å². The molecule has 0 aliphatic carbocycles. The second-order valence-electron chi connectivity index (χ2n) is 7.33. The molecule has 2 heterocycles. The largest absolute Gasteiger partial charge is 0.372 e. The topological polar surface area (TPSA) is 42.4 Å². The van der Waals surface area contributed by atoms with Crippen LogP contribution < -0.4 is 0 Å². The van der Waals surface area contributed by atoms with Crippen molar-refractivity contribution in [2.75, 3.05) is 13.1 Å². The minimum Gasteiger partial charge on any atom is -0.372 e. The molecule has 0 N–H and O–H groups in total. The van der Waals surface area contributed by atoms with E-state index in [1.54, 1.807) is 18.5 Å². The van der Waals surface area contributed by atoms with Gasteiger partial charge in [0.25, 0.3) is 0 Å². The third-order valence-corrected chi connectivity index (χ3v) is 5.43. The monoisotopic (exact) mass is 418 g/mol. The molecular formula is C25H23ClN2O2. The number of carbonyl (C=O) groups is 1. The number of rotatable bonds is 6. The first-order valence-corrected chi connectivity index (χ1v) is 10.4. The van der Waals surface area contributed by atoms with E-state index in [4.69, 9.17) is 16.3 Å². The van der Waals surface area contributed by atoms with Crippen molar-refractivity contribution >= 4 is 23.6 Å². The molecule has 1 aliphatic heterocycles. The number of hydrogen-bond acceptors (Lipinski definition) is 3. The van der Waals surface area contributed by atoms with Crippen molar-refractivity contribution < 1.29 is 9.53 Å². The molecular weight excluding hydrogens is 396 g/mol. The zero-order valence-corrected chi connectivity index (χ0v) is 17.3. The molecule has 152 valence electrons. The van der Waals surface area contributed by atoms with Gasteiger partial charge in [0, 0.05) is 36.6 Å². The molecule has 4 nitrogen and oxygen atoms in total. The quantitative estimate of drug-likeness (QED) is 0.514. The summed E-state index contributed by atoms with van der Waals surface area (Å²) in [6.07, 6.45) is 7.96. The molecule has 1 aliphatic rings. The Kier molecular flexibility index (Phi) is 6.57. The lowest BCUT2D eigenvalue weighted by Crippen LogP contribution is -2.28. The number of carbonyl (C=O) groups excluding carboxylic acids is 1. The van der Waals surface area contributed by atoms with Crippen LogP contribution in [0, 0.1) is 0 Å². The number of aromatic nitrogens is 1. The van der Waals surface area contributed by atoms with E-state index in [0.29, 0.717) is 18.2 Å². The maximum absolute atomic E-state index is 12.6. The molecule has 0 saturated carbocycles. The van der Waals surface area contributed by atoms with Crippen LogP contribution in [-0.2, 0) is 16.1 Å². The Morgan fingerprint density at radius 3 is 2.70 bits per heavy atom. The van der Waals surface area contributed by atoms with E-state index in [1.165, 1.54) is 0 Å². The van der Waals surface area contributed by atoms with Gasteiger partial charge < -0.3 is 9.64 Å². The van der Waals surface area contributed by atoms with Gasteiger partial charge in [-0.15, -0.1) is 0 Å². The minimum atomic E-state index is 0.0157. The number of halogens is 1. The summed E-state index contributed by atoms with van der Waals surface area (Å²) in [5.41, 5.74) is 4.26. The maximum atomic E-state index is 12.6. The number of pyridine rings is 1. The lowest BCUT2D eigenvalue weighted by molar-refractivity contribution is -0.125. The standard InChI is InChI=1S/C25H23ClN2O2/c26-23-7-5-21(6-8-23)22-3-1-2-19(16-22)4-9-25(29)28-15-12-24(17-28)30-18-20-10-13-27-14-11-20/h1-11,13-14,16,24H,12,15,17-18H2. The van der Waals surface area contributed by atoms with E-state index >= 15 is 0 Å². The third-order valence-electron chi connectivity index (χ3n) is 5.17. The summed E-state index contributed by atoms with van der Waals surface area (Å²) >= 11 is 5.97. The molecule has 30 heavy (non-hydrogen) atoms. The summed E-state index contributed by atoms with van der Waals surface area (Å²) in [4.78, 5) is 18.4. The van der Waals surface area contributed by atoms with E-state index in [9.17, 15) is 4.79 Å². The summed E-state index contributed by atoms with van der Waals surface area (Å²) in [5, 5.41) is 0.717. The average Bonchev–Trinajstić information content (AvgIpc) is 3.27. The summed E-state index contributed by atoms with van der Waals surface area (Å²) in [5.74, 6) is 0.0157. The van der Waals surface area contributed by atoms with Crippen LogP contribution in [-0.4, -0.2) is 35.0 Å². The Morgan fingerprint density at radius 1 is 1.10 bits per heavy atom. The van der Waals surface area contributed by atoms with Crippen LogP contribution in [0.5, 0.6) is 0 Å².